The predicted molar refractivity (Wildman–Crippen MR) is 127 cm³/mol. The average molecular weight is 436 g/mol. The minimum absolute atomic E-state index is 0.0785. The Morgan fingerprint density at radius 1 is 0.667 bits per heavy atom. The Bertz CT molecular complexity index is 1630. The molecule has 0 atom stereocenters. The number of rotatable bonds is 3. The summed E-state index contributed by atoms with van der Waals surface area (Å²) >= 11 is 0. The standard InChI is InChI=1S/C28H18F2N2O/c1-28(29,30)23-12-6-5-11-20(23)26-21-14-17-8-2-3-9-18(17)15-22(21)27(32-31-26)25-16-19-10-4-7-13-24(19)33-25/h2-16H,1H3. The molecule has 0 aliphatic carbocycles. The maximum absolute atomic E-state index is 14.5. The number of para-hydroxylation sites is 1. The van der Waals surface area contributed by atoms with Crippen LogP contribution in [0.5, 0.6) is 0 Å². The topological polar surface area (TPSA) is 38.9 Å². The van der Waals surface area contributed by atoms with Crippen molar-refractivity contribution in [3.05, 3.63) is 96.6 Å². The molecule has 0 amide bonds. The van der Waals surface area contributed by atoms with Crippen LogP contribution in [0, 0.1) is 0 Å². The van der Waals surface area contributed by atoms with Crippen molar-refractivity contribution in [1.29, 1.82) is 0 Å². The summed E-state index contributed by atoms with van der Waals surface area (Å²) < 4.78 is 35.0. The van der Waals surface area contributed by atoms with Crippen molar-refractivity contribution in [3.8, 4) is 22.7 Å². The average Bonchev–Trinajstić information content (AvgIpc) is 3.25. The normalized spacial score (nSPS) is 12.1. The van der Waals surface area contributed by atoms with E-state index in [4.69, 9.17) is 4.42 Å². The van der Waals surface area contributed by atoms with Gasteiger partial charge in [-0.15, -0.1) is 10.2 Å². The lowest BCUT2D eigenvalue weighted by Gasteiger charge is -2.17. The summed E-state index contributed by atoms with van der Waals surface area (Å²) in [5.41, 5.74) is 2.05. The molecular weight excluding hydrogens is 418 g/mol. The van der Waals surface area contributed by atoms with Gasteiger partial charge < -0.3 is 4.42 Å². The second-order valence-corrected chi connectivity index (χ2v) is 8.22. The molecule has 6 rings (SSSR count). The molecule has 6 aromatic rings. The second-order valence-electron chi connectivity index (χ2n) is 8.22. The summed E-state index contributed by atoms with van der Waals surface area (Å²) in [5.74, 6) is -2.43. The Labute approximate surface area is 188 Å². The first-order valence-electron chi connectivity index (χ1n) is 10.6. The molecule has 33 heavy (non-hydrogen) atoms. The number of nitrogens with zero attached hydrogens (tertiary/aromatic N) is 2. The van der Waals surface area contributed by atoms with Crippen LogP contribution >= 0.6 is 0 Å². The van der Waals surface area contributed by atoms with Crippen molar-refractivity contribution in [2.45, 2.75) is 12.8 Å². The molecule has 0 unspecified atom stereocenters. The number of furan rings is 1. The minimum Gasteiger partial charge on any atom is -0.454 e. The van der Waals surface area contributed by atoms with Gasteiger partial charge in [0, 0.05) is 34.2 Å². The van der Waals surface area contributed by atoms with Crippen molar-refractivity contribution >= 4 is 32.5 Å². The van der Waals surface area contributed by atoms with E-state index in [-0.39, 0.29) is 5.56 Å². The number of hydrogen-bond donors (Lipinski definition) is 0. The molecular formula is C28H18F2N2O. The number of benzene rings is 4. The van der Waals surface area contributed by atoms with Crippen LogP contribution in [-0.2, 0) is 5.92 Å². The van der Waals surface area contributed by atoms with Crippen LogP contribution in [0.1, 0.15) is 12.5 Å². The van der Waals surface area contributed by atoms with Crippen LogP contribution in [-0.4, -0.2) is 10.2 Å². The summed E-state index contributed by atoms with van der Waals surface area (Å²) in [5, 5.41) is 13.5. The molecule has 0 N–H and O–H groups in total. The lowest BCUT2D eigenvalue weighted by atomic mass is 9.94. The fraction of sp³-hybridized carbons (Fsp3) is 0.0714. The molecule has 0 bridgehead atoms. The molecule has 0 radical (unpaired) electrons. The number of aromatic nitrogens is 2. The van der Waals surface area contributed by atoms with Gasteiger partial charge in [0.15, 0.2) is 5.76 Å². The van der Waals surface area contributed by atoms with E-state index in [1.54, 1.807) is 18.2 Å². The zero-order valence-corrected chi connectivity index (χ0v) is 17.7. The smallest absolute Gasteiger partial charge is 0.271 e. The summed E-state index contributed by atoms with van der Waals surface area (Å²) in [4.78, 5) is 0. The van der Waals surface area contributed by atoms with Crippen LogP contribution in [0.2, 0.25) is 0 Å². The SMILES string of the molecule is CC(F)(F)c1ccccc1-c1nnc(-c2cc3ccccc3o2)c2cc3ccccc3cc12. The Morgan fingerprint density at radius 3 is 1.94 bits per heavy atom. The largest absolute Gasteiger partial charge is 0.454 e. The maximum atomic E-state index is 14.5. The van der Waals surface area contributed by atoms with Gasteiger partial charge in [0.1, 0.15) is 17.0 Å². The highest BCUT2D eigenvalue weighted by Crippen LogP contribution is 2.40. The van der Waals surface area contributed by atoms with Crippen LogP contribution in [0.4, 0.5) is 8.78 Å². The number of alkyl halides is 2. The third-order valence-corrected chi connectivity index (χ3v) is 5.96. The first-order chi connectivity index (χ1) is 16.0. The fourth-order valence-electron chi connectivity index (χ4n) is 4.39. The first kappa shape index (κ1) is 19.6. The predicted octanol–water partition coefficient (Wildman–Crippen LogP) is 7.97. The summed E-state index contributed by atoms with van der Waals surface area (Å²) in [7, 11) is 0. The van der Waals surface area contributed by atoms with Gasteiger partial charge in [0.25, 0.3) is 5.92 Å². The van der Waals surface area contributed by atoms with Crippen LogP contribution in [0.25, 0.3) is 55.2 Å². The van der Waals surface area contributed by atoms with E-state index in [0.717, 1.165) is 39.4 Å². The molecule has 160 valence electrons. The number of fused-ring (bicyclic) bond motifs is 3. The van der Waals surface area contributed by atoms with Gasteiger partial charge in [-0.2, -0.15) is 0 Å². The van der Waals surface area contributed by atoms with E-state index >= 15 is 0 Å². The van der Waals surface area contributed by atoms with Gasteiger partial charge in [-0.3, -0.25) is 0 Å². The summed E-state index contributed by atoms with van der Waals surface area (Å²) in [6.45, 7) is 0.902. The Morgan fingerprint density at radius 2 is 1.24 bits per heavy atom. The van der Waals surface area contributed by atoms with E-state index in [1.807, 2.05) is 66.7 Å². The maximum Gasteiger partial charge on any atom is 0.271 e. The van der Waals surface area contributed by atoms with Crippen molar-refractivity contribution in [2.24, 2.45) is 0 Å². The van der Waals surface area contributed by atoms with E-state index < -0.39 is 5.92 Å². The van der Waals surface area contributed by atoms with Gasteiger partial charge in [-0.05, 0) is 35.0 Å². The van der Waals surface area contributed by atoms with E-state index in [9.17, 15) is 8.78 Å². The Hall–Kier alpha value is -4.12. The van der Waals surface area contributed by atoms with Crippen molar-refractivity contribution in [1.82, 2.24) is 10.2 Å². The van der Waals surface area contributed by atoms with Crippen molar-refractivity contribution in [2.75, 3.05) is 0 Å². The first-order valence-corrected chi connectivity index (χ1v) is 10.6. The lowest BCUT2D eigenvalue weighted by Crippen LogP contribution is -2.09. The highest BCUT2D eigenvalue weighted by atomic mass is 19.3. The van der Waals surface area contributed by atoms with Crippen LogP contribution in [0.15, 0.2) is 95.4 Å². The third-order valence-electron chi connectivity index (χ3n) is 5.96. The minimum atomic E-state index is -3.02. The molecule has 0 fully saturated rings. The highest BCUT2D eigenvalue weighted by Gasteiger charge is 2.29. The Kier molecular flexibility index (Phi) is 4.27. The van der Waals surface area contributed by atoms with Gasteiger partial charge in [-0.1, -0.05) is 66.7 Å². The zero-order chi connectivity index (χ0) is 22.6. The molecule has 0 aliphatic heterocycles. The second kappa shape index (κ2) is 7.20. The van der Waals surface area contributed by atoms with Crippen molar-refractivity contribution < 1.29 is 13.2 Å². The van der Waals surface area contributed by atoms with Gasteiger partial charge in [0.2, 0.25) is 0 Å². The molecule has 3 nitrogen and oxygen atoms in total. The summed E-state index contributed by atoms with van der Waals surface area (Å²) in [6, 6.07) is 28.1. The van der Waals surface area contributed by atoms with E-state index in [1.165, 1.54) is 6.07 Å². The summed E-state index contributed by atoms with van der Waals surface area (Å²) in [6.07, 6.45) is 0. The van der Waals surface area contributed by atoms with Gasteiger partial charge >= 0.3 is 0 Å². The molecule has 2 aromatic heterocycles. The molecule has 0 spiro atoms. The van der Waals surface area contributed by atoms with Crippen LogP contribution in [0.3, 0.4) is 0 Å². The van der Waals surface area contributed by atoms with Gasteiger partial charge in [-0.25, -0.2) is 8.78 Å². The molecule has 2 heterocycles. The Balaban J connectivity index is 1.70. The molecule has 4 aromatic carbocycles. The fourth-order valence-corrected chi connectivity index (χ4v) is 4.39. The molecule has 5 heteroatoms. The van der Waals surface area contributed by atoms with Gasteiger partial charge in [0.05, 0.1) is 0 Å². The number of halogens is 2. The molecule has 0 saturated carbocycles. The zero-order valence-electron chi connectivity index (χ0n) is 17.7. The van der Waals surface area contributed by atoms with E-state index in [0.29, 0.717) is 22.7 Å². The third kappa shape index (κ3) is 3.24. The highest BCUT2D eigenvalue weighted by molar-refractivity contribution is 6.08. The van der Waals surface area contributed by atoms with E-state index in [2.05, 4.69) is 10.2 Å². The monoisotopic (exact) mass is 436 g/mol. The molecule has 0 aliphatic rings. The van der Waals surface area contributed by atoms with Crippen LogP contribution < -0.4 is 0 Å². The number of hydrogen-bond acceptors (Lipinski definition) is 3. The molecule has 0 saturated heterocycles. The lowest BCUT2D eigenvalue weighted by molar-refractivity contribution is 0.0181. The van der Waals surface area contributed by atoms with Crippen molar-refractivity contribution in [3.63, 3.8) is 0 Å². The quantitative estimate of drug-likeness (QED) is 0.264.